The van der Waals surface area contributed by atoms with Gasteiger partial charge in [-0.25, -0.2) is 0 Å². The lowest BCUT2D eigenvalue weighted by Gasteiger charge is -1.97. The monoisotopic (exact) mass is 203 g/mol. The first-order chi connectivity index (χ1) is 6.77. The maximum Gasteiger partial charge on any atom is 0.195 e. The molecule has 0 N–H and O–H groups in total. The Kier molecular flexibility index (Phi) is 2.41. The van der Waals surface area contributed by atoms with Crippen molar-refractivity contribution in [2.24, 2.45) is 0 Å². The van der Waals surface area contributed by atoms with Crippen LogP contribution in [0.3, 0.4) is 0 Å². The molecule has 2 rings (SSSR count). The van der Waals surface area contributed by atoms with Gasteiger partial charge in [0, 0.05) is 28.4 Å². The van der Waals surface area contributed by atoms with Crippen LogP contribution < -0.4 is 0 Å². The zero-order valence-electron chi connectivity index (χ0n) is 7.73. The summed E-state index contributed by atoms with van der Waals surface area (Å²) in [5, 5.41) is 3.75. The average molecular weight is 203 g/mol. The fraction of sp³-hybridized carbons (Fsp3) is 0.0909. The van der Waals surface area contributed by atoms with Gasteiger partial charge in [-0.3, -0.25) is 9.78 Å². The van der Waals surface area contributed by atoms with Gasteiger partial charge >= 0.3 is 0 Å². The Morgan fingerprint density at radius 3 is 2.71 bits per heavy atom. The minimum atomic E-state index is 0.0405. The third-order valence-electron chi connectivity index (χ3n) is 1.96. The van der Waals surface area contributed by atoms with Crippen LogP contribution in [0, 0.1) is 6.92 Å². The largest absolute Gasteiger partial charge is 0.289 e. The molecule has 0 spiro atoms. The number of thiophene rings is 1. The van der Waals surface area contributed by atoms with Crippen molar-refractivity contribution in [2.75, 3.05) is 0 Å². The molecule has 0 aliphatic carbocycles. The Balaban J connectivity index is 2.33. The van der Waals surface area contributed by atoms with Gasteiger partial charge in [0.2, 0.25) is 0 Å². The van der Waals surface area contributed by atoms with E-state index in [1.807, 2.05) is 35.9 Å². The van der Waals surface area contributed by atoms with E-state index in [4.69, 9.17) is 0 Å². The number of aryl methyl sites for hydroxylation is 1. The summed E-state index contributed by atoms with van der Waals surface area (Å²) in [6, 6.07) is 5.48. The van der Waals surface area contributed by atoms with Crippen LogP contribution in [0.2, 0.25) is 0 Å². The van der Waals surface area contributed by atoms with E-state index in [0.29, 0.717) is 5.56 Å². The molecule has 0 saturated heterocycles. The highest BCUT2D eigenvalue weighted by Crippen LogP contribution is 2.12. The zero-order chi connectivity index (χ0) is 9.97. The SMILES string of the molecule is Cc1ccc(C(=O)c2ccsc2)cn1. The van der Waals surface area contributed by atoms with E-state index in [1.165, 1.54) is 11.3 Å². The number of rotatable bonds is 2. The second-order valence-corrected chi connectivity index (χ2v) is 3.81. The quantitative estimate of drug-likeness (QED) is 0.702. The number of pyridine rings is 1. The minimum absolute atomic E-state index is 0.0405. The fourth-order valence-electron chi connectivity index (χ4n) is 1.16. The third-order valence-corrected chi connectivity index (χ3v) is 2.64. The Bertz CT molecular complexity index is 431. The highest BCUT2D eigenvalue weighted by molar-refractivity contribution is 7.08. The van der Waals surface area contributed by atoms with E-state index in [-0.39, 0.29) is 5.78 Å². The first-order valence-corrected chi connectivity index (χ1v) is 5.21. The molecule has 0 radical (unpaired) electrons. The Morgan fingerprint density at radius 1 is 1.29 bits per heavy atom. The number of ketones is 1. The van der Waals surface area contributed by atoms with Crippen molar-refractivity contribution in [3.8, 4) is 0 Å². The molecule has 2 heterocycles. The van der Waals surface area contributed by atoms with Crippen LogP contribution in [-0.2, 0) is 0 Å². The number of nitrogens with zero attached hydrogens (tertiary/aromatic N) is 1. The van der Waals surface area contributed by atoms with Gasteiger partial charge in [0.05, 0.1) is 0 Å². The molecule has 0 aliphatic rings. The summed E-state index contributed by atoms with van der Waals surface area (Å²) in [5.74, 6) is 0.0405. The average Bonchev–Trinajstić information content (AvgIpc) is 2.71. The highest BCUT2D eigenvalue weighted by atomic mass is 32.1. The first-order valence-electron chi connectivity index (χ1n) is 4.27. The standard InChI is InChI=1S/C11H9NOS/c1-8-2-3-9(6-12-8)11(13)10-4-5-14-7-10/h2-7H,1H3. The van der Waals surface area contributed by atoms with Gasteiger partial charge in [-0.05, 0) is 30.5 Å². The number of aromatic nitrogens is 1. The second kappa shape index (κ2) is 3.72. The van der Waals surface area contributed by atoms with E-state index in [0.717, 1.165) is 11.3 Å². The lowest BCUT2D eigenvalue weighted by molar-refractivity contribution is 0.103. The maximum absolute atomic E-state index is 11.8. The third kappa shape index (κ3) is 1.72. The van der Waals surface area contributed by atoms with E-state index < -0.39 is 0 Å². The summed E-state index contributed by atoms with van der Waals surface area (Å²) in [5.41, 5.74) is 2.31. The molecular formula is C11H9NOS. The predicted octanol–water partition coefficient (Wildman–Crippen LogP) is 2.68. The van der Waals surface area contributed by atoms with E-state index in [9.17, 15) is 4.79 Å². The van der Waals surface area contributed by atoms with Crippen molar-refractivity contribution in [3.63, 3.8) is 0 Å². The van der Waals surface area contributed by atoms with Gasteiger partial charge in [-0.1, -0.05) is 0 Å². The molecule has 0 aliphatic heterocycles. The van der Waals surface area contributed by atoms with Crippen LogP contribution >= 0.6 is 11.3 Å². The van der Waals surface area contributed by atoms with Crippen LogP contribution in [0.25, 0.3) is 0 Å². The van der Waals surface area contributed by atoms with Gasteiger partial charge in [-0.2, -0.15) is 11.3 Å². The van der Waals surface area contributed by atoms with Crippen molar-refractivity contribution in [2.45, 2.75) is 6.92 Å². The summed E-state index contributed by atoms with van der Waals surface area (Å²) >= 11 is 1.52. The van der Waals surface area contributed by atoms with Crippen LogP contribution in [0.4, 0.5) is 0 Å². The Labute approximate surface area is 86.2 Å². The minimum Gasteiger partial charge on any atom is -0.289 e. The number of hydrogen-bond donors (Lipinski definition) is 0. The summed E-state index contributed by atoms with van der Waals surface area (Å²) in [7, 11) is 0. The first kappa shape index (κ1) is 9.09. The van der Waals surface area contributed by atoms with Crippen molar-refractivity contribution in [1.29, 1.82) is 0 Å². The molecule has 0 bridgehead atoms. The van der Waals surface area contributed by atoms with Crippen LogP contribution in [0.1, 0.15) is 21.6 Å². The molecule has 2 aromatic heterocycles. The molecule has 0 amide bonds. The molecular weight excluding hydrogens is 194 g/mol. The van der Waals surface area contributed by atoms with Crippen molar-refractivity contribution in [3.05, 3.63) is 52.0 Å². The fourth-order valence-corrected chi connectivity index (χ4v) is 1.80. The van der Waals surface area contributed by atoms with Crippen LogP contribution in [0.5, 0.6) is 0 Å². The van der Waals surface area contributed by atoms with Crippen LogP contribution in [0.15, 0.2) is 35.2 Å². The Hall–Kier alpha value is -1.48. The number of carbonyl (C=O) groups is 1. The molecule has 2 aromatic rings. The molecule has 14 heavy (non-hydrogen) atoms. The molecule has 70 valence electrons. The van der Waals surface area contributed by atoms with Crippen molar-refractivity contribution < 1.29 is 4.79 Å². The summed E-state index contributed by atoms with van der Waals surface area (Å²) < 4.78 is 0. The molecule has 2 nitrogen and oxygen atoms in total. The summed E-state index contributed by atoms with van der Waals surface area (Å²) in [6.45, 7) is 1.90. The van der Waals surface area contributed by atoms with E-state index in [2.05, 4.69) is 4.98 Å². The van der Waals surface area contributed by atoms with Crippen LogP contribution in [-0.4, -0.2) is 10.8 Å². The number of hydrogen-bond acceptors (Lipinski definition) is 3. The molecule has 0 atom stereocenters. The van der Waals surface area contributed by atoms with Gasteiger partial charge in [0.15, 0.2) is 5.78 Å². The number of carbonyl (C=O) groups excluding carboxylic acids is 1. The molecule has 3 heteroatoms. The van der Waals surface area contributed by atoms with Gasteiger partial charge < -0.3 is 0 Å². The predicted molar refractivity (Wildman–Crippen MR) is 56.7 cm³/mol. The summed E-state index contributed by atoms with van der Waals surface area (Å²) in [6.07, 6.45) is 1.62. The maximum atomic E-state index is 11.8. The molecule has 0 fully saturated rings. The van der Waals surface area contributed by atoms with Gasteiger partial charge in [0.25, 0.3) is 0 Å². The smallest absolute Gasteiger partial charge is 0.195 e. The normalized spacial score (nSPS) is 10.1. The Morgan fingerprint density at radius 2 is 2.14 bits per heavy atom. The van der Waals surface area contributed by atoms with E-state index >= 15 is 0 Å². The zero-order valence-corrected chi connectivity index (χ0v) is 8.54. The lowest BCUT2D eigenvalue weighted by Crippen LogP contribution is -2.00. The van der Waals surface area contributed by atoms with Gasteiger partial charge in [-0.15, -0.1) is 0 Å². The second-order valence-electron chi connectivity index (χ2n) is 3.03. The van der Waals surface area contributed by atoms with Gasteiger partial charge in [0.1, 0.15) is 0 Å². The lowest BCUT2D eigenvalue weighted by atomic mass is 10.1. The molecule has 0 aromatic carbocycles. The van der Waals surface area contributed by atoms with Crippen molar-refractivity contribution in [1.82, 2.24) is 4.98 Å². The molecule has 0 saturated carbocycles. The van der Waals surface area contributed by atoms with E-state index in [1.54, 1.807) is 6.20 Å². The highest BCUT2D eigenvalue weighted by Gasteiger charge is 2.08. The van der Waals surface area contributed by atoms with Crippen molar-refractivity contribution >= 4 is 17.1 Å². The summed E-state index contributed by atoms with van der Waals surface area (Å²) in [4.78, 5) is 15.9. The topological polar surface area (TPSA) is 30.0 Å². The molecule has 0 unspecified atom stereocenters.